The topological polar surface area (TPSA) is 39.9 Å². The van der Waals surface area contributed by atoms with Gasteiger partial charge in [-0.2, -0.15) is 5.10 Å². The second-order valence-corrected chi connectivity index (χ2v) is 4.00. The number of hydrogen-bond donors (Lipinski definition) is 0. The van der Waals surface area contributed by atoms with Gasteiger partial charge in [-0.1, -0.05) is 6.92 Å². The van der Waals surface area contributed by atoms with E-state index < -0.39 is 0 Å². The molecule has 17 heavy (non-hydrogen) atoms. The number of aryl methyl sites for hydroxylation is 2. The van der Waals surface area contributed by atoms with Gasteiger partial charge in [0.15, 0.2) is 5.65 Å². The molecule has 2 aromatic rings. The smallest absolute Gasteiger partial charge is 0.161 e. The van der Waals surface area contributed by atoms with Crippen LogP contribution in [-0.2, 0) is 13.0 Å². The summed E-state index contributed by atoms with van der Waals surface area (Å²) in [6.07, 6.45) is 2.76. The highest BCUT2D eigenvalue weighted by Crippen LogP contribution is 2.30. The average molecular weight is 233 g/mol. The van der Waals surface area contributed by atoms with Crippen LogP contribution in [0.4, 0.5) is 0 Å². The van der Waals surface area contributed by atoms with Crippen LogP contribution in [0.15, 0.2) is 6.20 Å². The zero-order valence-corrected chi connectivity index (χ0v) is 10.9. The number of nitrogens with zero attached hydrogens (tertiary/aromatic N) is 3. The number of rotatable bonds is 4. The van der Waals surface area contributed by atoms with E-state index in [4.69, 9.17) is 4.74 Å². The molecule has 0 spiro atoms. The van der Waals surface area contributed by atoms with Crippen LogP contribution in [0.5, 0.6) is 5.75 Å². The molecule has 0 unspecified atom stereocenters. The molecule has 0 radical (unpaired) electrons. The fourth-order valence-electron chi connectivity index (χ4n) is 2.11. The summed E-state index contributed by atoms with van der Waals surface area (Å²) in [6.45, 7) is 9.75. The normalized spacial score (nSPS) is 11.1. The molecule has 0 amide bonds. The van der Waals surface area contributed by atoms with Crippen molar-refractivity contribution in [1.29, 1.82) is 0 Å². The molecule has 0 bridgehead atoms. The summed E-state index contributed by atoms with van der Waals surface area (Å²) in [5.74, 6) is 0.939. The van der Waals surface area contributed by atoms with Gasteiger partial charge in [0.05, 0.1) is 18.2 Å². The predicted molar refractivity (Wildman–Crippen MR) is 68.5 cm³/mol. The first kappa shape index (κ1) is 11.9. The third kappa shape index (κ3) is 1.88. The molecule has 0 N–H and O–H groups in total. The fraction of sp³-hybridized carbons (Fsp3) is 0.538. The van der Waals surface area contributed by atoms with Gasteiger partial charge in [-0.05, 0) is 27.2 Å². The third-order valence-corrected chi connectivity index (χ3v) is 2.99. The van der Waals surface area contributed by atoms with Crippen molar-refractivity contribution in [2.75, 3.05) is 6.61 Å². The Bertz CT molecular complexity index is 531. The maximum Gasteiger partial charge on any atom is 0.161 e. The van der Waals surface area contributed by atoms with E-state index in [2.05, 4.69) is 30.9 Å². The van der Waals surface area contributed by atoms with E-state index >= 15 is 0 Å². The largest absolute Gasteiger partial charge is 0.493 e. The quantitative estimate of drug-likeness (QED) is 0.815. The van der Waals surface area contributed by atoms with Crippen LogP contribution in [0.25, 0.3) is 11.0 Å². The van der Waals surface area contributed by atoms with E-state index in [1.54, 1.807) is 0 Å². The lowest BCUT2D eigenvalue weighted by molar-refractivity contribution is 0.341. The van der Waals surface area contributed by atoms with E-state index in [1.165, 1.54) is 0 Å². The summed E-state index contributed by atoms with van der Waals surface area (Å²) in [4.78, 5) is 4.69. The van der Waals surface area contributed by atoms with Crippen molar-refractivity contribution in [3.05, 3.63) is 17.5 Å². The molecule has 2 rings (SSSR count). The van der Waals surface area contributed by atoms with Crippen LogP contribution < -0.4 is 4.74 Å². The summed E-state index contributed by atoms with van der Waals surface area (Å²) in [5, 5.41) is 5.36. The summed E-state index contributed by atoms with van der Waals surface area (Å²) in [5.41, 5.74) is 3.16. The van der Waals surface area contributed by atoms with Crippen LogP contribution in [0.1, 0.15) is 32.0 Å². The van der Waals surface area contributed by atoms with Gasteiger partial charge < -0.3 is 4.74 Å². The Morgan fingerprint density at radius 3 is 2.65 bits per heavy atom. The maximum atomic E-state index is 5.76. The molecule has 4 nitrogen and oxygen atoms in total. The van der Waals surface area contributed by atoms with Gasteiger partial charge in [-0.25, -0.2) is 9.67 Å². The lowest BCUT2D eigenvalue weighted by Crippen LogP contribution is -2.03. The van der Waals surface area contributed by atoms with E-state index in [-0.39, 0.29) is 0 Å². The van der Waals surface area contributed by atoms with Crippen LogP contribution in [-0.4, -0.2) is 21.4 Å². The number of pyridine rings is 1. The Kier molecular flexibility index (Phi) is 3.31. The molecule has 0 aliphatic carbocycles. The molecule has 0 aromatic carbocycles. The zero-order chi connectivity index (χ0) is 12.4. The molecule has 0 saturated carbocycles. The molecule has 92 valence electrons. The Balaban J connectivity index is 2.73. The summed E-state index contributed by atoms with van der Waals surface area (Å²) < 4.78 is 7.67. The van der Waals surface area contributed by atoms with E-state index in [0.717, 1.165) is 41.0 Å². The van der Waals surface area contributed by atoms with Gasteiger partial charge in [0.25, 0.3) is 0 Å². The van der Waals surface area contributed by atoms with Gasteiger partial charge in [0.2, 0.25) is 0 Å². The van der Waals surface area contributed by atoms with Gasteiger partial charge in [-0.3, -0.25) is 0 Å². The fourth-order valence-corrected chi connectivity index (χ4v) is 2.11. The third-order valence-electron chi connectivity index (χ3n) is 2.99. The number of ether oxygens (including phenoxy) is 1. The molecule has 2 heterocycles. The van der Waals surface area contributed by atoms with Crippen LogP contribution in [0.3, 0.4) is 0 Å². The van der Waals surface area contributed by atoms with Crippen molar-refractivity contribution >= 4 is 11.0 Å². The summed E-state index contributed by atoms with van der Waals surface area (Å²) in [7, 11) is 0. The lowest BCUT2D eigenvalue weighted by atomic mass is 10.1. The van der Waals surface area contributed by atoms with Crippen molar-refractivity contribution < 1.29 is 4.74 Å². The molecule has 2 aromatic heterocycles. The van der Waals surface area contributed by atoms with Gasteiger partial charge in [0.1, 0.15) is 5.75 Å². The highest BCUT2D eigenvalue weighted by atomic mass is 16.5. The zero-order valence-electron chi connectivity index (χ0n) is 10.9. The second kappa shape index (κ2) is 4.73. The van der Waals surface area contributed by atoms with Crippen LogP contribution in [0, 0.1) is 6.92 Å². The van der Waals surface area contributed by atoms with Crippen molar-refractivity contribution in [1.82, 2.24) is 14.8 Å². The van der Waals surface area contributed by atoms with E-state index in [0.29, 0.717) is 6.61 Å². The monoisotopic (exact) mass is 233 g/mol. The van der Waals surface area contributed by atoms with Gasteiger partial charge >= 0.3 is 0 Å². The summed E-state index contributed by atoms with van der Waals surface area (Å²) in [6, 6.07) is 0. The Hall–Kier alpha value is -1.58. The minimum absolute atomic E-state index is 0.667. The van der Waals surface area contributed by atoms with Crippen molar-refractivity contribution in [2.24, 2.45) is 0 Å². The minimum Gasteiger partial charge on any atom is -0.493 e. The first-order valence-electron chi connectivity index (χ1n) is 6.20. The van der Waals surface area contributed by atoms with Gasteiger partial charge in [-0.15, -0.1) is 0 Å². The number of fused-ring (bicyclic) bond motifs is 1. The average Bonchev–Trinajstić information content (AvgIpc) is 2.75. The molecular formula is C13H19N3O. The Labute approximate surface area is 102 Å². The van der Waals surface area contributed by atoms with Crippen molar-refractivity contribution in [2.45, 2.75) is 40.7 Å². The SMILES string of the molecule is CCOc1c(C)c(CC)nc2c1cnn2CC. The molecule has 0 fully saturated rings. The molecule has 0 atom stereocenters. The molecule has 0 aliphatic rings. The van der Waals surface area contributed by atoms with Crippen molar-refractivity contribution in [3.8, 4) is 5.75 Å². The van der Waals surface area contributed by atoms with Gasteiger partial charge in [0, 0.05) is 17.8 Å². The summed E-state index contributed by atoms with van der Waals surface area (Å²) >= 11 is 0. The minimum atomic E-state index is 0.667. The van der Waals surface area contributed by atoms with E-state index in [1.807, 2.05) is 17.8 Å². The standard InChI is InChI=1S/C13H19N3O/c1-5-11-9(4)12(17-7-3)10-8-14-16(6-2)13(10)15-11/h8H,5-7H2,1-4H3. The predicted octanol–water partition coefficient (Wildman–Crippen LogP) is 2.72. The highest BCUT2D eigenvalue weighted by molar-refractivity contribution is 5.83. The lowest BCUT2D eigenvalue weighted by Gasteiger charge is -2.12. The first-order valence-corrected chi connectivity index (χ1v) is 6.20. The first-order chi connectivity index (χ1) is 8.22. The maximum absolute atomic E-state index is 5.76. The Morgan fingerprint density at radius 2 is 2.06 bits per heavy atom. The molecule has 0 saturated heterocycles. The number of hydrogen-bond acceptors (Lipinski definition) is 3. The van der Waals surface area contributed by atoms with Crippen LogP contribution in [0.2, 0.25) is 0 Å². The Morgan fingerprint density at radius 1 is 1.29 bits per heavy atom. The molecular weight excluding hydrogens is 214 g/mol. The van der Waals surface area contributed by atoms with Crippen LogP contribution >= 0.6 is 0 Å². The van der Waals surface area contributed by atoms with E-state index in [9.17, 15) is 0 Å². The number of aromatic nitrogens is 3. The highest BCUT2D eigenvalue weighted by Gasteiger charge is 2.15. The molecule has 4 heteroatoms. The molecule has 0 aliphatic heterocycles. The second-order valence-electron chi connectivity index (χ2n) is 4.00. The van der Waals surface area contributed by atoms with Crippen molar-refractivity contribution in [3.63, 3.8) is 0 Å².